The van der Waals surface area contributed by atoms with Crippen molar-refractivity contribution in [3.8, 4) is 17.1 Å². The number of hydrogen-bond donors (Lipinski definition) is 1. The van der Waals surface area contributed by atoms with Crippen molar-refractivity contribution < 1.29 is 24.2 Å². The average Bonchev–Trinajstić information content (AvgIpc) is 3.37. The minimum absolute atomic E-state index is 0.151. The van der Waals surface area contributed by atoms with Gasteiger partial charge in [0.1, 0.15) is 12.4 Å². The van der Waals surface area contributed by atoms with Gasteiger partial charge in [0.25, 0.3) is 12.0 Å². The second kappa shape index (κ2) is 13.7. The van der Waals surface area contributed by atoms with Crippen LogP contribution in [0.5, 0.6) is 5.75 Å². The fraction of sp³-hybridized carbons (Fsp3) is 0.312. The van der Waals surface area contributed by atoms with Crippen LogP contribution in [-0.2, 0) is 27.5 Å². The Kier molecular flexibility index (Phi) is 10.4. The second-order valence-corrected chi connectivity index (χ2v) is 9.06. The number of pyridine rings is 2. The van der Waals surface area contributed by atoms with Crippen molar-refractivity contribution in [2.45, 2.75) is 53.9 Å². The van der Waals surface area contributed by atoms with Gasteiger partial charge in [-0.1, -0.05) is 45.9 Å². The van der Waals surface area contributed by atoms with Gasteiger partial charge in [0, 0.05) is 41.9 Å². The maximum atomic E-state index is 12.9. The minimum atomic E-state index is -1.47. The third-order valence-electron chi connectivity index (χ3n) is 6.63. The van der Waals surface area contributed by atoms with E-state index >= 15 is 0 Å². The van der Waals surface area contributed by atoms with E-state index in [4.69, 9.17) is 14.5 Å². The summed E-state index contributed by atoms with van der Waals surface area (Å²) >= 11 is 0. The van der Waals surface area contributed by atoms with Crippen molar-refractivity contribution in [2.24, 2.45) is 0 Å². The Hall–Kier alpha value is -4.50. The fourth-order valence-corrected chi connectivity index (χ4v) is 4.63. The van der Waals surface area contributed by atoms with Crippen LogP contribution >= 0.6 is 0 Å². The Bertz CT molecular complexity index is 1600. The van der Waals surface area contributed by atoms with E-state index in [-0.39, 0.29) is 23.3 Å². The van der Waals surface area contributed by atoms with Crippen molar-refractivity contribution in [1.29, 1.82) is 0 Å². The van der Waals surface area contributed by atoms with Crippen molar-refractivity contribution in [1.82, 2.24) is 9.55 Å². The summed E-state index contributed by atoms with van der Waals surface area (Å²) in [4.78, 5) is 42.0. The van der Waals surface area contributed by atoms with Gasteiger partial charge in [-0.25, -0.2) is 9.78 Å². The monoisotopic (exact) mass is 559 g/mol. The summed E-state index contributed by atoms with van der Waals surface area (Å²) in [5, 5.41) is 11.0. The Morgan fingerprint density at radius 3 is 2.34 bits per heavy atom. The number of aliphatic hydroxyl groups is 1. The summed E-state index contributed by atoms with van der Waals surface area (Å²) in [7, 11) is 4.07. The molecule has 1 unspecified atom stereocenters. The van der Waals surface area contributed by atoms with Gasteiger partial charge in [-0.05, 0) is 43.3 Å². The van der Waals surface area contributed by atoms with Gasteiger partial charge in [-0.3, -0.25) is 9.59 Å². The zero-order valence-corrected chi connectivity index (χ0v) is 24.6. The van der Waals surface area contributed by atoms with E-state index in [2.05, 4.69) is 17.0 Å². The SMILES string of the molecule is CC.CC.CN(C)c1ccccc1.Cc1c(OC=O)ccc2nc3c(cc12)Cn1c-3cc2c(c1=O)COC(=O)C2O. The average molecular weight is 560 g/mol. The summed E-state index contributed by atoms with van der Waals surface area (Å²) in [6.45, 7) is 10.4. The number of cyclic esters (lactones) is 1. The van der Waals surface area contributed by atoms with Gasteiger partial charge < -0.3 is 24.0 Å². The molecule has 0 bridgehead atoms. The number of aromatic nitrogens is 2. The number of aliphatic hydroxyl groups excluding tert-OH is 1. The molecule has 9 heteroatoms. The van der Waals surface area contributed by atoms with Gasteiger partial charge in [0.05, 0.1) is 29.0 Å². The van der Waals surface area contributed by atoms with E-state index in [1.165, 1.54) is 5.69 Å². The van der Waals surface area contributed by atoms with Gasteiger partial charge in [-0.15, -0.1) is 0 Å². The van der Waals surface area contributed by atoms with Crippen molar-refractivity contribution in [3.05, 3.63) is 87.2 Å². The number of nitrogens with zero attached hydrogens (tertiary/aromatic N) is 3. The second-order valence-electron chi connectivity index (χ2n) is 9.06. The number of para-hydroxylation sites is 1. The predicted octanol–water partition coefficient (Wildman–Crippen LogP) is 5.16. The van der Waals surface area contributed by atoms with E-state index in [1.54, 1.807) is 22.8 Å². The van der Waals surface area contributed by atoms with Gasteiger partial charge >= 0.3 is 5.97 Å². The highest BCUT2D eigenvalue weighted by Gasteiger charge is 2.33. The van der Waals surface area contributed by atoms with Crippen LogP contribution < -0.4 is 15.2 Å². The van der Waals surface area contributed by atoms with Crippen LogP contribution in [-0.4, -0.2) is 41.2 Å². The molecule has 0 radical (unpaired) electrons. The molecule has 0 saturated heterocycles. The third kappa shape index (κ3) is 6.15. The summed E-state index contributed by atoms with van der Waals surface area (Å²) in [5.41, 5.74) is 4.98. The van der Waals surface area contributed by atoms with Crippen LogP contribution in [0.4, 0.5) is 5.69 Å². The molecule has 0 fully saturated rings. The van der Waals surface area contributed by atoms with Gasteiger partial charge in [0.2, 0.25) is 0 Å². The smallest absolute Gasteiger partial charge is 0.340 e. The maximum absolute atomic E-state index is 12.9. The van der Waals surface area contributed by atoms with Crippen LogP contribution in [0.25, 0.3) is 22.3 Å². The lowest BCUT2D eigenvalue weighted by Crippen LogP contribution is -2.32. The number of ether oxygens (including phenoxy) is 2. The number of aryl methyl sites for hydroxylation is 1. The molecule has 9 nitrogen and oxygen atoms in total. The standard InChI is InChI=1S/C20H14N2O6.C8H11N.2C2H6/c1-9-11-4-10-6-22-15(17(10)21-14(11)2-3-16(9)28-8-23)5-12-13(19(22)25)7-27-20(26)18(12)24;1-9(2)8-6-4-3-5-7-8;2*1-2/h2-5,8,18,24H,6-7H2,1H3;3-7H,1-2H3;2*1-2H3. The van der Waals surface area contributed by atoms with Crippen LogP contribution in [0.2, 0.25) is 0 Å². The van der Waals surface area contributed by atoms with Crippen LogP contribution in [0, 0.1) is 6.92 Å². The largest absolute Gasteiger partial charge is 0.458 e. The first-order valence-electron chi connectivity index (χ1n) is 13.7. The van der Waals surface area contributed by atoms with E-state index in [1.807, 2.05) is 73.0 Å². The molecular weight excluding hydrogens is 522 g/mol. The minimum Gasteiger partial charge on any atom is -0.458 e. The molecule has 1 N–H and O–H groups in total. The number of carbonyl (C=O) groups is 2. The van der Waals surface area contributed by atoms with Crippen LogP contribution in [0.1, 0.15) is 56.1 Å². The number of fused-ring (bicyclic) bond motifs is 5. The molecular formula is C32H37N3O6. The molecule has 2 aromatic carbocycles. The number of anilines is 1. The molecule has 0 amide bonds. The number of hydrogen-bond acceptors (Lipinski definition) is 8. The molecule has 2 aromatic heterocycles. The van der Waals surface area contributed by atoms with E-state index in [9.17, 15) is 19.5 Å². The molecule has 41 heavy (non-hydrogen) atoms. The Morgan fingerprint density at radius 2 is 1.73 bits per heavy atom. The zero-order chi connectivity index (χ0) is 30.3. The predicted molar refractivity (Wildman–Crippen MR) is 160 cm³/mol. The number of carbonyl (C=O) groups excluding carboxylic acids is 2. The molecule has 0 aliphatic carbocycles. The Balaban J connectivity index is 0.000000300. The molecule has 0 saturated carbocycles. The van der Waals surface area contributed by atoms with E-state index < -0.39 is 12.1 Å². The highest BCUT2D eigenvalue weighted by Crippen LogP contribution is 2.37. The molecule has 4 heterocycles. The van der Waals surface area contributed by atoms with Crippen LogP contribution in [0.15, 0.2) is 59.4 Å². The quantitative estimate of drug-likeness (QED) is 0.238. The zero-order valence-electron chi connectivity index (χ0n) is 24.6. The lowest BCUT2D eigenvalue weighted by atomic mass is 10.00. The van der Waals surface area contributed by atoms with Crippen molar-refractivity contribution in [2.75, 3.05) is 19.0 Å². The van der Waals surface area contributed by atoms with Crippen molar-refractivity contribution >= 4 is 29.0 Å². The summed E-state index contributed by atoms with van der Waals surface area (Å²) < 4.78 is 11.5. The van der Waals surface area contributed by atoms with Crippen molar-refractivity contribution in [3.63, 3.8) is 0 Å². The fourth-order valence-electron chi connectivity index (χ4n) is 4.63. The third-order valence-corrected chi connectivity index (χ3v) is 6.63. The summed E-state index contributed by atoms with van der Waals surface area (Å²) in [6.07, 6.45) is -1.47. The maximum Gasteiger partial charge on any atom is 0.340 e. The first-order chi connectivity index (χ1) is 19.8. The lowest BCUT2D eigenvalue weighted by molar-refractivity contribution is -0.157. The highest BCUT2D eigenvalue weighted by atomic mass is 16.5. The summed E-state index contributed by atoms with van der Waals surface area (Å²) in [6, 6.07) is 17.2. The van der Waals surface area contributed by atoms with E-state index in [0.29, 0.717) is 35.7 Å². The molecule has 6 rings (SSSR count). The topological polar surface area (TPSA) is 111 Å². The Morgan fingerprint density at radius 1 is 1.05 bits per heavy atom. The normalized spacial score (nSPS) is 13.9. The first kappa shape index (κ1) is 31.0. The number of benzene rings is 2. The van der Waals surface area contributed by atoms with Crippen LogP contribution in [0.3, 0.4) is 0 Å². The molecule has 4 aromatic rings. The molecule has 0 spiro atoms. The molecule has 2 aliphatic rings. The summed E-state index contributed by atoms with van der Waals surface area (Å²) in [5.74, 6) is -0.314. The lowest BCUT2D eigenvalue weighted by Gasteiger charge is -2.21. The molecule has 1 atom stereocenters. The number of rotatable bonds is 3. The molecule has 2 aliphatic heterocycles. The Labute approximate surface area is 240 Å². The van der Waals surface area contributed by atoms with Gasteiger partial charge in [0.15, 0.2) is 6.10 Å². The number of esters is 1. The first-order valence-corrected chi connectivity index (χ1v) is 13.7. The van der Waals surface area contributed by atoms with E-state index in [0.717, 1.165) is 16.5 Å². The van der Waals surface area contributed by atoms with Gasteiger partial charge in [-0.2, -0.15) is 0 Å². The molecule has 216 valence electrons. The highest BCUT2D eigenvalue weighted by molar-refractivity contribution is 5.89.